The summed E-state index contributed by atoms with van der Waals surface area (Å²) in [6.45, 7) is 2.77. The summed E-state index contributed by atoms with van der Waals surface area (Å²) in [5, 5.41) is 0. The van der Waals surface area contributed by atoms with Crippen LogP contribution in [0.3, 0.4) is 0 Å². The molecular weight excluding hydrogens is 331 g/mol. The van der Waals surface area contributed by atoms with Crippen molar-refractivity contribution in [3.05, 3.63) is 35.6 Å². The highest BCUT2D eigenvalue weighted by Crippen LogP contribution is 2.19. The van der Waals surface area contributed by atoms with Crippen molar-refractivity contribution in [3.8, 4) is 0 Å². The molecule has 24 heavy (non-hydrogen) atoms. The van der Waals surface area contributed by atoms with Gasteiger partial charge in [0.15, 0.2) is 0 Å². The Morgan fingerprint density at radius 1 is 1.33 bits per heavy atom. The van der Waals surface area contributed by atoms with E-state index in [4.69, 9.17) is 0 Å². The molecule has 0 aliphatic carbocycles. The largest absolute Gasteiger partial charge is 0.343 e. The Labute approximate surface area is 143 Å². The van der Waals surface area contributed by atoms with Gasteiger partial charge in [-0.05, 0) is 43.9 Å². The molecule has 1 saturated heterocycles. The van der Waals surface area contributed by atoms with Gasteiger partial charge in [0.05, 0.1) is 5.75 Å². The Bertz CT molecular complexity index is 670. The molecule has 0 N–H and O–H groups in total. The van der Waals surface area contributed by atoms with Crippen molar-refractivity contribution in [1.82, 2.24) is 9.21 Å². The Hall–Kier alpha value is -1.47. The second-order valence-corrected chi connectivity index (χ2v) is 8.48. The van der Waals surface area contributed by atoms with Gasteiger partial charge in [0.2, 0.25) is 15.9 Å². The quantitative estimate of drug-likeness (QED) is 0.784. The number of nitrogens with zero attached hydrogens (tertiary/aromatic N) is 2. The van der Waals surface area contributed by atoms with E-state index in [1.807, 2.05) is 6.07 Å². The second-order valence-electron chi connectivity index (χ2n) is 6.16. The van der Waals surface area contributed by atoms with Gasteiger partial charge >= 0.3 is 0 Å². The highest BCUT2D eigenvalue weighted by atomic mass is 32.2. The maximum absolute atomic E-state index is 13.1. The second kappa shape index (κ2) is 8.07. The summed E-state index contributed by atoms with van der Waals surface area (Å²) in [5.74, 6) is -0.157. The molecule has 134 valence electrons. The highest BCUT2D eigenvalue weighted by Gasteiger charge is 2.29. The standard InChI is InChI=1S/C17H25FN2O3S/c1-3-24(22,23)19(2)16-9-11-20(12-10-16)17(21)8-7-14-5-4-6-15(18)13-14/h4-6,13,16H,3,7-12H2,1-2H3. The van der Waals surface area contributed by atoms with Crippen LogP contribution in [0.4, 0.5) is 4.39 Å². The van der Waals surface area contributed by atoms with E-state index in [9.17, 15) is 17.6 Å². The topological polar surface area (TPSA) is 57.7 Å². The third-order valence-corrected chi connectivity index (χ3v) is 6.56. The van der Waals surface area contributed by atoms with Crippen molar-refractivity contribution >= 4 is 15.9 Å². The lowest BCUT2D eigenvalue weighted by molar-refractivity contribution is -0.132. The molecule has 1 heterocycles. The summed E-state index contributed by atoms with van der Waals surface area (Å²) in [6.07, 6.45) is 2.17. The molecule has 0 radical (unpaired) electrons. The number of likely N-dealkylation sites (tertiary alicyclic amines) is 1. The number of hydrogen-bond donors (Lipinski definition) is 0. The molecule has 0 unspecified atom stereocenters. The molecule has 1 aliphatic rings. The lowest BCUT2D eigenvalue weighted by Crippen LogP contribution is -2.47. The van der Waals surface area contributed by atoms with E-state index in [2.05, 4.69) is 0 Å². The number of carbonyl (C=O) groups excluding carboxylic acids is 1. The highest BCUT2D eigenvalue weighted by molar-refractivity contribution is 7.89. The maximum Gasteiger partial charge on any atom is 0.222 e. The van der Waals surface area contributed by atoms with Crippen LogP contribution in [0, 0.1) is 5.82 Å². The number of carbonyl (C=O) groups is 1. The number of hydrogen-bond acceptors (Lipinski definition) is 3. The molecule has 1 aliphatic heterocycles. The van der Waals surface area contributed by atoms with E-state index >= 15 is 0 Å². The summed E-state index contributed by atoms with van der Waals surface area (Å²) >= 11 is 0. The van der Waals surface area contributed by atoms with Crippen molar-refractivity contribution in [2.75, 3.05) is 25.9 Å². The van der Waals surface area contributed by atoms with Crippen LogP contribution in [0.2, 0.25) is 0 Å². The molecule has 1 fully saturated rings. The van der Waals surface area contributed by atoms with Crippen LogP contribution in [-0.2, 0) is 21.2 Å². The minimum absolute atomic E-state index is 0.0396. The fourth-order valence-corrected chi connectivity index (χ4v) is 4.08. The van der Waals surface area contributed by atoms with Crippen molar-refractivity contribution in [3.63, 3.8) is 0 Å². The smallest absolute Gasteiger partial charge is 0.222 e. The molecular formula is C17H25FN2O3S. The molecule has 7 heteroatoms. The van der Waals surface area contributed by atoms with Crippen LogP contribution in [0.15, 0.2) is 24.3 Å². The summed E-state index contributed by atoms with van der Waals surface area (Å²) in [6, 6.07) is 6.25. The van der Waals surface area contributed by atoms with Crippen LogP contribution in [-0.4, -0.2) is 55.5 Å². The molecule has 2 rings (SSSR count). The van der Waals surface area contributed by atoms with Crippen LogP contribution in [0.5, 0.6) is 0 Å². The summed E-state index contributed by atoms with van der Waals surface area (Å²) in [7, 11) is -1.58. The van der Waals surface area contributed by atoms with Crippen LogP contribution in [0.25, 0.3) is 0 Å². The first-order valence-corrected chi connectivity index (χ1v) is 9.92. The Morgan fingerprint density at radius 3 is 2.58 bits per heavy atom. The number of sulfonamides is 1. The molecule has 1 amide bonds. The first-order chi connectivity index (χ1) is 11.3. The lowest BCUT2D eigenvalue weighted by Gasteiger charge is -2.36. The number of amides is 1. The zero-order chi connectivity index (χ0) is 17.7. The minimum atomic E-state index is -3.19. The van der Waals surface area contributed by atoms with E-state index in [-0.39, 0.29) is 23.5 Å². The molecule has 0 saturated carbocycles. The minimum Gasteiger partial charge on any atom is -0.343 e. The SMILES string of the molecule is CCS(=O)(=O)N(C)C1CCN(C(=O)CCc2cccc(F)c2)CC1. The van der Waals surface area contributed by atoms with E-state index < -0.39 is 10.0 Å². The van der Waals surface area contributed by atoms with Crippen LogP contribution < -0.4 is 0 Å². The van der Waals surface area contributed by atoms with E-state index in [0.29, 0.717) is 38.8 Å². The van der Waals surface area contributed by atoms with E-state index in [1.54, 1.807) is 24.9 Å². The normalized spacial score (nSPS) is 16.6. The zero-order valence-corrected chi connectivity index (χ0v) is 15.1. The van der Waals surface area contributed by atoms with Gasteiger partial charge in [0, 0.05) is 32.6 Å². The van der Waals surface area contributed by atoms with Gasteiger partial charge in [-0.3, -0.25) is 4.79 Å². The molecule has 0 spiro atoms. The first-order valence-electron chi connectivity index (χ1n) is 8.31. The van der Waals surface area contributed by atoms with Crippen molar-refractivity contribution < 1.29 is 17.6 Å². The predicted octanol–water partition coefficient (Wildman–Crippen LogP) is 2.03. The van der Waals surface area contributed by atoms with Gasteiger partial charge in [0.25, 0.3) is 0 Å². The van der Waals surface area contributed by atoms with Crippen molar-refractivity contribution in [1.29, 1.82) is 0 Å². The fourth-order valence-electron chi connectivity index (χ4n) is 3.01. The molecule has 1 aromatic carbocycles. The molecule has 0 atom stereocenters. The van der Waals surface area contributed by atoms with Gasteiger partial charge in [-0.25, -0.2) is 17.1 Å². The number of piperidine rings is 1. The summed E-state index contributed by atoms with van der Waals surface area (Å²) in [4.78, 5) is 14.1. The molecule has 0 aromatic heterocycles. The van der Waals surface area contributed by atoms with Crippen molar-refractivity contribution in [2.45, 2.75) is 38.6 Å². The van der Waals surface area contributed by atoms with E-state index in [0.717, 1.165) is 5.56 Å². The first kappa shape index (κ1) is 18.9. The maximum atomic E-state index is 13.1. The fraction of sp³-hybridized carbons (Fsp3) is 0.588. The number of aryl methyl sites for hydroxylation is 1. The van der Waals surface area contributed by atoms with Crippen molar-refractivity contribution in [2.24, 2.45) is 0 Å². The van der Waals surface area contributed by atoms with Gasteiger partial charge in [0.1, 0.15) is 5.82 Å². The van der Waals surface area contributed by atoms with Gasteiger partial charge in [-0.1, -0.05) is 12.1 Å². The van der Waals surface area contributed by atoms with Gasteiger partial charge < -0.3 is 4.90 Å². The third kappa shape index (κ3) is 4.77. The zero-order valence-electron chi connectivity index (χ0n) is 14.2. The third-order valence-electron chi connectivity index (χ3n) is 4.65. The summed E-state index contributed by atoms with van der Waals surface area (Å²) < 4.78 is 38.4. The Kier molecular flexibility index (Phi) is 6.34. The molecule has 1 aromatic rings. The molecule has 5 nitrogen and oxygen atoms in total. The number of benzene rings is 1. The average molecular weight is 356 g/mol. The lowest BCUT2D eigenvalue weighted by atomic mass is 10.0. The van der Waals surface area contributed by atoms with Crippen LogP contribution >= 0.6 is 0 Å². The Balaban J connectivity index is 1.82. The van der Waals surface area contributed by atoms with E-state index in [1.165, 1.54) is 16.4 Å². The average Bonchev–Trinajstić information content (AvgIpc) is 2.59. The monoisotopic (exact) mass is 356 g/mol. The molecule has 0 bridgehead atoms. The number of halogens is 1. The number of rotatable bonds is 6. The van der Waals surface area contributed by atoms with Gasteiger partial charge in [-0.2, -0.15) is 0 Å². The summed E-state index contributed by atoms with van der Waals surface area (Å²) in [5.41, 5.74) is 0.812. The predicted molar refractivity (Wildman–Crippen MR) is 91.5 cm³/mol. The van der Waals surface area contributed by atoms with Gasteiger partial charge in [-0.15, -0.1) is 0 Å². The Morgan fingerprint density at radius 2 is 2.00 bits per heavy atom. The van der Waals surface area contributed by atoms with Crippen LogP contribution in [0.1, 0.15) is 31.7 Å².